The topological polar surface area (TPSA) is 114 Å². The smallest absolute Gasteiger partial charge is 0.410 e. The van der Waals surface area contributed by atoms with Gasteiger partial charge >= 0.3 is 12.1 Å². The Bertz CT molecular complexity index is 959. The van der Waals surface area contributed by atoms with Gasteiger partial charge in [-0.05, 0) is 45.6 Å². The van der Waals surface area contributed by atoms with E-state index in [1.54, 1.807) is 27.7 Å². The van der Waals surface area contributed by atoms with Crippen LogP contribution >= 0.6 is 0 Å². The predicted molar refractivity (Wildman–Crippen MR) is 149 cm³/mol. The van der Waals surface area contributed by atoms with Gasteiger partial charge in [-0.1, -0.05) is 56.8 Å². The largest absolute Gasteiger partial charge is 0.460 e. The molecular weight excluding hydrogens is 502 g/mol. The van der Waals surface area contributed by atoms with Gasteiger partial charge in [0.25, 0.3) is 0 Å². The van der Waals surface area contributed by atoms with E-state index < -0.39 is 47.7 Å². The normalized spacial score (nSPS) is 13.6. The molecule has 1 aromatic rings. The first-order valence-corrected chi connectivity index (χ1v) is 13.1. The average molecular weight is 548 g/mol. The Kier molecular flexibility index (Phi) is 13.7. The molecule has 0 heterocycles. The van der Waals surface area contributed by atoms with E-state index in [4.69, 9.17) is 14.2 Å². The molecule has 0 bridgehead atoms. The van der Waals surface area contributed by atoms with Crippen molar-refractivity contribution in [2.24, 2.45) is 5.92 Å². The van der Waals surface area contributed by atoms with Gasteiger partial charge in [0.05, 0.1) is 12.7 Å². The SMILES string of the molecule is C=CCOC(=O)CN(C)C(=O)[C@@H](NC(=O)[C@H](CC(C)C)N(C)C(=O)OC(C)(C)C)C(C)OCc1ccccc1. The van der Waals surface area contributed by atoms with Gasteiger partial charge in [-0.2, -0.15) is 0 Å². The maximum atomic E-state index is 13.6. The second-order valence-electron chi connectivity index (χ2n) is 10.9. The molecule has 0 aromatic heterocycles. The fraction of sp³-hybridized carbons (Fsp3) is 0.586. The number of benzene rings is 1. The summed E-state index contributed by atoms with van der Waals surface area (Å²) in [6.45, 7) is 14.2. The quantitative estimate of drug-likeness (QED) is 0.280. The van der Waals surface area contributed by atoms with Crippen LogP contribution in [0.4, 0.5) is 4.79 Å². The van der Waals surface area contributed by atoms with E-state index in [1.165, 1.54) is 30.0 Å². The Balaban J connectivity index is 3.18. The third-order valence-corrected chi connectivity index (χ3v) is 5.64. The summed E-state index contributed by atoms with van der Waals surface area (Å²) in [7, 11) is 2.94. The molecule has 3 amide bonds. The van der Waals surface area contributed by atoms with Crippen LogP contribution in [0.25, 0.3) is 0 Å². The Labute approximate surface area is 232 Å². The summed E-state index contributed by atoms with van der Waals surface area (Å²) in [6, 6.07) is 7.37. The number of nitrogens with one attached hydrogen (secondary N) is 1. The van der Waals surface area contributed by atoms with Crippen molar-refractivity contribution >= 4 is 23.9 Å². The van der Waals surface area contributed by atoms with Crippen LogP contribution in [0.3, 0.4) is 0 Å². The van der Waals surface area contributed by atoms with E-state index in [-0.39, 0.29) is 25.7 Å². The summed E-state index contributed by atoms with van der Waals surface area (Å²) in [4.78, 5) is 54.4. The van der Waals surface area contributed by atoms with Gasteiger partial charge in [0.2, 0.25) is 11.8 Å². The van der Waals surface area contributed by atoms with Crippen LogP contribution in [-0.2, 0) is 35.2 Å². The molecule has 0 spiro atoms. The van der Waals surface area contributed by atoms with Crippen molar-refractivity contribution in [3.05, 3.63) is 48.6 Å². The Morgan fingerprint density at radius 3 is 2.21 bits per heavy atom. The number of esters is 1. The molecule has 0 aliphatic rings. The number of ether oxygens (including phenoxy) is 3. The van der Waals surface area contributed by atoms with Crippen LogP contribution in [0.15, 0.2) is 43.0 Å². The molecule has 39 heavy (non-hydrogen) atoms. The van der Waals surface area contributed by atoms with Crippen molar-refractivity contribution in [1.29, 1.82) is 0 Å². The zero-order valence-electron chi connectivity index (χ0n) is 24.6. The Hall–Kier alpha value is -3.40. The lowest BCUT2D eigenvalue weighted by Crippen LogP contribution is -2.58. The molecule has 0 radical (unpaired) electrons. The highest BCUT2D eigenvalue weighted by molar-refractivity contribution is 5.92. The number of hydrogen-bond acceptors (Lipinski definition) is 7. The molecule has 3 atom stereocenters. The van der Waals surface area contributed by atoms with Crippen LogP contribution in [0.5, 0.6) is 0 Å². The molecule has 0 aliphatic carbocycles. The first-order valence-electron chi connectivity index (χ1n) is 13.1. The standard InChI is InChI=1S/C29H45N3O7/c1-10-16-37-24(33)18-31(8)27(35)25(21(4)38-19-22-14-12-11-13-15-22)30-26(34)23(17-20(2)3)32(9)28(36)39-29(5,6)7/h10-15,20-21,23,25H,1,16-19H2,2-9H3,(H,30,34)/t21?,23-,25-/m0/s1. The molecule has 0 aliphatic heterocycles. The van der Waals surface area contributed by atoms with Gasteiger partial charge in [-0.3, -0.25) is 19.3 Å². The van der Waals surface area contributed by atoms with Crippen LogP contribution in [-0.4, -0.2) is 84.7 Å². The van der Waals surface area contributed by atoms with Gasteiger partial charge in [-0.15, -0.1) is 0 Å². The molecule has 1 aromatic carbocycles. The number of carbonyl (C=O) groups excluding carboxylic acids is 4. The highest BCUT2D eigenvalue weighted by atomic mass is 16.6. The van der Waals surface area contributed by atoms with E-state index >= 15 is 0 Å². The molecule has 10 nitrogen and oxygen atoms in total. The van der Waals surface area contributed by atoms with Crippen molar-refractivity contribution < 1.29 is 33.4 Å². The molecule has 1 rings (SSSR count). The zero-order valence-corrected chi connectivity index (χ0v) is 24.6. The van der Waals surface area contributed by atoms with E-state index in [2.05, 4.69) is 11.9 Å². The molecule has 218 valence electrons. The summed E-state index contributed by atoms with van der Waals surface area (Å²) >= 11 is 0. The van der Waals surface area contributed by atoms with E-state index in [9.17, 15) is 19.2 Å². The number of likely N-dealkylation sites (N-methyl/N-ethyl adjacent to an activating group) is 2. The molecular formula is C29H45N3O7. The summed E-state index contributed by atoms with van der Waals surface area (Å²) in [5.41, 5.74) is 0.149. The van der Waals surface area contributed by atoms with Crippen LogP contribution in [0, 0.1) is 5.92 Å². The second kappa shape index (κ2) is 15.9. The Morgan fingerprint density at radius 1 is 1.05 bits per heavy atom. The molecule has 1 unspecified atom stereocenters. The van der Waals surface area contributed by atoms with Crippen molar-refractivity contribution in [2.75, 3.05) is 27.2 Å². The summed E-state index contributed by atoms with van der Waals surface area (Å²) in [5, 5.41) is 2.78. The molecule has 1 N–H and O–H groups in total. The highest BCUT2D eigenvalue weighted by Crippen LogP contribution is 2.17. The van der Waals surface area contributed by atoms with Crippen molar-refractivity contribution in [3.8, 4) is 0 Å². The number of carbonyl (C=O) groups is 4. The highest BCUT2D eigenvalue weighted by Gasteiger charge is 2.36. The molecule has 0 saturated heterocycles. The first kappa shape index (κ1) is 33.6. The van der Waals surface area contributed by atoms with Gasteiger partial charge < -0.3 is 24.4 Å². The molecule has 10 heteroatoms. The van der Waals surface area contributed by atoms with E-state index in [0.717, 1.165) is 5.56 Å². The summed E-state index contributed by atoms with van der Waals surface area (Å²) < 4.78 is 16.4. The predicted octanol–water partition coefficient (Wildman–Crippen LogP) is 3.55. The van der Waals surface area contributed by atoms with E-state index in [1.807, 2.05) is 44.2 Å². The van der Waals surface area contributed by atoms with Crippen molar-refractivity contribution in [2.45, 2.75) is 78.4 Å². The third kappa shape index (κ3) is 12.3. The third-order valence-electron chi connectivity index (χ3n) is 5.64. The maximum absolute atomic E-state index is 13.6. The van der Waals surface area contributed by atoms with Gasteiger partial charge in [0, 0.05) is 14.1 Å². The second-order valence-corrected chi connectivity index (χ2v) is 10.9. The number of hydrogen-bond donors (Lipinski definition) is 1. The minimum absolute atomic E-state index is 0.0193. The number of rotatable bonds is 14. The number of amides is 3. The monoisotopic (exact) mass is 547 g/mol. The van der Waals surface area contributed by atoms with Gasteiger partial charge in [-0.25, -0.2) is 4.79 Å². The minimum Gasteiger partial charge on any atom is -0.460 e. The maximum Gasteiger partial charge on any atom is 0.410 e. The Morgan fingerprint density at radius 2 is 1.67 bits per heavy atom. The molecule has 0 saturated carbocycles. The fourth-order valence-electron chi connectivity index (χ4n) is 3.58. The van der Waals surface area contributed by atoms with Crippen molar-refractivity contribution in [3.63, 3.8) is 0 Å². The number of nitrogens with zero attached hydrogens (tertiary/aromatic N) is 2. The average Bonchev–Trinajstić information content (AvgIpc) is 2.86. The minimum atomic E-state index is -1.14. The lowest BCUT2D eigenvalue weighted by atomic mass is 10.0. The zero-order chi connectivity index (χ0) is 29.8. The summed E-state index contributed by atoms with van der Waals surface area (Å²) in [5.74, 6) is -1.62. The molecule has 0 fully saturated rings. The fourth-order valence-corrected chi connectivity index (χ4v) is 3.58. The lowest BCUT2D eigenvalue weighted by molar-refractivity contribution is -0.150. The van der Waals surface area contributed by atoms with Crippen LogP contribution < -0.4 is 5.32 Å². The van der Waals surface area contributed by atoms with Crippen LogP contribution in [0.2, 0.25) is 0 Å². The lowest BCUT2D eigenvalue weighted by Gasteiger charge is -2.33. The van der Waals surface area contributed by atoms with Gasteiger partial charge in [0.1, 0.15) is 30.8 Å². The van der Waals surface area contributed by atoms with Gasteiger partial charge in [0.15, 0.2) is 0 Å². The summed E-state index contributed by atoms with van der Waals surface area (Å²) in [6.07, 6.45) is 0.352. The van der Waals surface area contributed by atoms with Crippen molar-refractivity contribution in [1.82, 2.24) is 15.1 Å². The first-order chi connectivity index (χ1) is 18.2. The van der Waals surface area contributed by atoms with Crippen LogP contribution in [0.1, 0.15) is 53.5 Å². The van der Waals surface area contributed by atoms with E-state index in [0.29, 0.717) is 6.42 Å².